The second-order valence-corrected chi connectivity index (χ2v) is 4.95. The van der Waals surface area contributed by atoms with Crippen molar-refractivity contribution in [2.75, 3.05) is 0 Å². The number of para-hydroxylation sites is 1. The highest BCUT2D eigenvalue weighted by Crippen LogP contribution is 2.26. The number of nitriles is 1. The van der Waals surface area contributed by atoms with Crippen LogP contribution in [0.4, 0.5) is 8.78 Å². The smallest absolute Gasteiger partial charge is 0.387 e. The normalized spacial score (nSPS) is 15.0. The summed E-state index contributed by atoms with van der Waals surface area (Å²) in [6, 6.07) is 14.5. The van der Waals surface area contributed by atoms with Crippen molar-refractivity contribution in [3.63, 3.8) is 0 Å². The molecule has 0 radical (unpaired) electrons. The fourth-order valence-corrected chi connectivity index (χ4v) is 2.22. The summed E-state index contributed by atoms with van der Waals surface area (Å²) in [5, 5.41) is 8.90. The highest BCUT2D eigenvalue weighted by Gasteiger charge is 2.26. The van der Waals surface area contributed by atoms with Gasteiger partial charge in [-0.2, -0.15) is 14.0 Å². The molecular weight excluding hydrogens is 330 g/mol. The molecule has 0 amide bonds. The number of carbonyl (C=O) groups is 1. The lowest BCUT2D eigenvalue weighted by molar-refractivity contribution is -0.129. The van der Waals surface area contributed by atoms with E-state index in [9.17, 15) is 13.6 Å². The largest absolute Gasteiger partial charge is 0.434 e. The molecule has 0 saturated carbocycles. The fraction of sp³-hybridized carbons (Fsp3) is 0.0556. The molecule has 3 rings (SSSR count). The highest BCUT2D eigenvalue weighted by molar-refractivity contribution is 6.13. The van der Waals surface area contributed by atoms with E-state index in [4.69, 9.17) is 10.00 Å². The predicted molar refractivity (Wildman–Crippen MR) is 84.8 cm³/mol. The first-order valence-electron chi connectivity index (χ1n) is 7.14. The lowest BCUT2D eigenvalue weighted by atomic mass is 10.1. The van der Waals surface area contributed by atoms with E-state index in [1.807, 2.05) is 6.07 Å². The molecule has 0 aliphatic carbocycles. The molecule has 7 heteroatoms. The Hall–Kier alpha value is -3.53. The molecule has 2 aromatic rings. The Bertz CT molecular complexity index is 930. The minimum absolute atomic E-state index is 0.00283. The first kappa shape index (κ1) is 16.3. The van der Waals surface area contributed by atoms with Crippen LogP contribution in [0.1, 0.15) is 16.7 Å². The van der Waals surface area contributed by atoms with Gasteiger partial charge in [0.15, 0.2) is 5.70 Å². The Labute approximate surface area is 141 Å². The van der Waals surface area contributed by atoms with Gasteiger partial charge >= 0.3 is 12.6 Å². The number of halogens is 2. The lowest BCUT2D eigenvalue weighted by Gasteiger charge is -2.08. The Kier molecular flexibility index (Phi) is 4.53. The SMILES string of the molecule is N#Cc1cccc(/C=C2\N=C(c3ccccc3OC(F)F)OC2=O)c1. The molecule has 0 fully saturated rings. The molecule has 0 saturated heterocycles. The molecule has 124 valence electrons. The predicted octanol–water partition coefficient (Wildman–Crippen LogP) is 3.50. The van der Waals surface area contributed by atoms with Crippen molar-refractivity contribution < 1.29 is 23.0 Å². The third kappa shape index (κ3) is 3.70. The monoisotopic (exact) mass is 340 g/mol. The van der Waals surface area contributed by atoms with Gasteiger partial charge in [0.05, 0.1) is 17.2 Å². The van der Waals surface area contributed by atoms with Gasteiger partial charge in [-0.15, -0.1) is 0 Å². The van der Waals surface area contributed by atoms with Crippen molar-refractivity contribution in [3.8, 4) is 11.8 Å². The molecule has 1 aliphatic rings. The second-order valence-electron chi connectivity index (χ2n) is 4.95. The van der Waals surface area contributed by atoms with E-state index >= 15 is 0 Å². The van der Waals surface area contributed by atoms with Gasteiger partial charge in [-0.1, -0.05) is 24.3 Å². The summed E-state index contributed by atoms with van der Waals surface area (Å²) < 4.78 is 34.5. The highest BCUT2D eigenvalue weighted by atomic mass is 19.3. The zero-order chi connectivity index (χ0) is 17.8. The molecule has 2 aromatic carbocycles. The van der Waals surface area contributed by atoms with E-state index < -0.39 is 12.6 Å². The summed E-state index contributed by atoms with van der Waals surface area (Å²) in [6.45, 7) is -3.01. The van der Waals surface area contributed by atoms with Crippen molar-refractivity contribution >= 4 is 17.9 Å². The number of cyclic esters (lactones) is 1. The molecule has 0 unspecified atom stereocenters. The Morgan fingerprint density at radius 3 is 2.76 bits per heavy atom. The maximum atomic E-state index is 12.5. The number of alkyl halides is 2. The molecule has 0 atom stereocenters. The number of carbonyl (C=O) groups excluding carboxylic acids is 1. The number of hydrogen-bond acceptors (Lipinski definition) is 5. The number of aliphatic imine (C=N–C) groups is 1. The van der Waals surface area contributed by atoms with E-state index in [1.165, 1.54) is 24.3 Å². The summed E-state index contributed by atoms with van der Waals surface area (Å²) >= 11 is 0. The van der Waals surface area contributed by atoms with Crippen LogP contribution in [0.5, 0.6) is 5.75 Å². The van der Waals surface area contributed by atoms with E-state index in [-0.39, 0.29) is 22.9 Å². The fourth-order valence-electron chi connectivity index (χ4n) is 2.22. The molecule has 25 heavy (non-hydrogen) atoms. The van der Waals surface area contributed by atoms with Crippen LogP contribution < -0.4 is 4.74 Å². The zero-order valence-electron chi connectivity index (χ0n) is 12.6. The number of ether oxygens (including phenoxy) is 2. The van der Waals surface area contributed by atoms with Gasteiger partial charge in [0.2, 0.25) is 5.90 Å². The van der Waals surface area contributed by atoms with Gasteiger partial charge in [-0.3, -0.25) is 0 Å². The molecule has 0 spiro atoms. The first-order valence-corrected chi connectivity index (χ1v) is 7.14. The summed E-state index contributed by atoms with van der Waals surface area (Å²) in [4.78, 5) is 16.0. The van der Waals surface area contributed by atoms with Crippen LogP contribution in [0, 0.1) is 11.3 Å². The van der Waals surface area contributed by atoms with Gasteiger partial charge in [0.25, 0.3) is 0 Å². The van der Waals surface area contributed by atoms with Crippen LogP contribution in [-0.4, -0.2) is 18.5 Å². The van der Waals surface area contributed by atoms with Gasteiger partial charge < -0.3 is 9.47 Å². The number of hydrogen-bond donors (Lipinski definition) is 0. The van der Waals surface area contributed by atoms with Crippen molar-refractivity contribution in [2.45, 2.75) is 6.61 Å². The minimum Gasteiger partial charge on any atom is -0.434 e. The van der Waals surface area contributed by atoms with Gasteiger partial charge in [-0.25, -0.2) is 9.79 Å². The Morgan fingerprint density at radius 2 is 2.00 bits per heavy atom. The molecule has 0 aromatic heterocycles. The maximum Gasteiger partial charge on any atom is 0.387 e. The Morgan fingerprint density at radius 1 is 1.20 bits per heavy atom. The van der Waals surface area contributed by atoms with E-state index in [1.54, 1.807) is 30.3 Å². The summed E-state index contributed by atoms with van der Waals surface area (Å²) in [6.07, 6.45) is 1.45. The average Bonchev–Trinajstić information content (AvgIpc) is 2.95. The van der Waals surface area contributed by atoms with Crippen LogP contribution in [0.15, 0.2) is 59.2 Å². The van der Waals surface area contributed by atoms with Crippen LogP contribution in [0.25, 0.3) is 6.08 Å². The van der Waals surface area contributed by atoms with E-state index in [0.29, 0.717) is 11.1 Å². The molecule has 5 nitrogen and oxygen atoms in total. The Balaban J connectivity index is 1.96. The van der Waals surface area contributed by atoms with Crippen LogP contribution in [0.2, 0.25) is 0 Å². The summed E-state index contributed by atoms with van der Waals surface area (Å²) in [5.74, 6) is -0.982. The molecule has 0 N–H and O–H groups in total. The number of nitrogens with zero attached hydrogens (tertiary/aromatic N) is 2. The van der Waals surface area contributed by atoms with E-state index in [2.05, 4.69) is 9.73 Å². The van der Waals surface area contributed by atoms with Crippen molar-refractivity contribution in [1.29, 1.82) is 5.26 Å². The van der Waals surface area contributed by atoms with Gasteiger partial charge in [0, 0.05) is 0 Å². The first-order chi connectivity index (χ1) is 12.1. The standard InChI is InChI=1S/C18H10F2N2O3/c19-18(20)24-15-7-2-1-6-13(15)16-22-14(17(23)25-16)9-11-4-3-5-12(8-11)10-21/h1-9,18H/b14-9-. The minimum atomic E-state index is -3.01. The van der Waals surface area contributed by atoms with Gasteiger partial charge in [0.1, 0.15) is 5.75 Å². The lowest BCUT2D eigenvalue weighted by Crippen LogP contribution is -2.10. The topological polar surface area (TPSA) is 71.7 Å². The number of benzene rings is 2. The van der Waals surface area contributed by atoms with Crippen LogP contribution >= 0.6 is 0 Å². The maximum absolute atomic E-state index is 12.5. The van der Waals surface area contributed by atoms with Crippen LogP contribution in [-0.2, 0) is 9.53 Å². The quantitative estimate of drug-likeness (QED) is 0.631. The summed E-state index contributed by atoms with van der Waals surface area (Å²) in [5.41, 5.74) is 1.16. The zero-order valence-corrected chi connectivity index (χ0v) is 12.6. The molecule has 1 heterocycles. The number of rotatable bonds is 4. The molecular formula is C18H10F2N2O3. The second kappa shape index (κ2) is 6.93. The summed E-state index contributed by atoms with van der Waals surface area (Å²) in [7, 11) is 0. The molecule has 0 bridgehead atoms. The van der Waals surface area contributed by atoms with Crippen molar-refractivity contribution in [2.24, 2.45) is 4.99 Å². The van der Waals surface area contributed by atoms with Gasteiger partial charge in [-0.05, 0) is 35.9 Å². The van der Waals surface area contributed by atoms with E-state index in [0.717, 1.165) is 0 Å². The van der Waals surface area contributed by atoms with Crippen molar-refractivity contribution in [3.05, 3.63) is 70.9 Å². The van der Waals surface area contributed by atoms with Crippen molar-refractivity contribution in [1.82, 2.24) is 0 Å². The number of esters is 1. The third-order valence-corrected chi connectivity index (χ3v) is 3.27. The van der Waals surface area contributed by atoms with Crippen LogP contribution in [0.3, 0.4) is 0 Å². The third-order valence-electron chi connectivity index (χ3n) is 3.27. The molecule has 1 aliphatic heterocycles. The average molecular weight is 340 g/mol.